The van der Waals surface area contributed by atoms with E-state index in [-0.39, 0.29) is 11.8 Å². The van der Waals surface area contributed by atoms with E-state index in [1.807, 2.05) is 0 Å². The molecule has 1 saturated carbocycles. The summed E-state index contributed by atoms with van der Waals surface area (Å²) in [4.78, 5) is 22.5. The number of alkyl halides is 2. The molecule has 0 saturated heterocycles. The fourth-order valence-corrected chi connectivity index (χ4v) is 2.17. The summed E-state index contributed by atoms with van der Waals surface area (Å²) in [5.41, 5.74) is -4.60. The SMILES string of the molecule is CC(C)(C)OC(=O)NC1(C(=O)O)CC1(F)CBr. The molecule has 1 aliphatic carbocycles. The minimum atomic E-state index is -1.96. The highest BCUT2D eigenvalue weighted by Crippen LogP contribution is 2.52. The fourth-order valence-electron chi connectivity index (χ4n) is 1.49. The predicted octanol–water partition coefficient (Wildman–Crippen LogP) is 1.84. The van der Waals surface area contributed by atoms with Crippen molar-refractivity contribution >= 4 is 28.0 Å². The van der Waals surface area contributed by atoms with Crippen LogP contribution in [0.2, 0.25) is 0 Å². The highest BCUT2D eigenvalue weighted by Gasteiger charge is 2.75. The molecule has 17 heavy (non-hydrogen) atoms. The van der Waals surface area contributed by atoms with Crippen LogP contribution in [0.15, 0.2) is 0 Å². The van der Waals surface area contributed by atoms with Crippen LogP contribution in [0.4, 0.5) is 9.18 Å². The Balaban J connectivity index is 2.73. The van der Waals surface area contributed by atoms with E-state index in [1.165, 1.54) is 0 Å². The minimum Gasteiger partial charge on any atom is -0.479 e. The van der Waals surface area contributed by atoms with Gasteiger partial charge in [0.1, 0.15) is 5.60 Å². The van der Waals surface area contributed by atoms with E-state index in [0.29, 0.717) is 0 Å². The van der Waals surface area contributed by atoms with Crippen molar-refractivity contribution in [3.05, 3.63) is 0 Å². The highest BCUT2D eigenvalue weighted by atomic mass is 79.9. The topological polar surface area (TPSA) is 75.6 Å². The molecule has 0 spiro atoms. The molecule has 0 bridgehead atoms. The van der Waals surface area contributed by atoms with Crippen LogP contribution in [0.1, 0.15) is 27.2 Å². The Hall–Kier alpha value is -0.850. The number of carbonyl (C=O) groups excluding carboxylic acids is 1. The smallest absolute Gasteiger partial charge is 0.408 e. The van der Waals surface area contributed by atoms with Crippen molar-refractivity contribution in [2.24, 2.45) is 0 Å². The molecule has 0 aromatic carbocycles. The first-order valence-electron chi connectivity index (χ1n) is 5.06. The Morgan fingerprint density at radius 1 is 1.53 bits per heavy atom. The average molecular weight is 312 g/mol. The van der Waals surface area contributed by atoms with Crippen molar-refractivity contribution in [3.63, 3.8) is 0 Å². The maximum absolute atomic E-state index is 13.9. The Kier molecular flexibility index (Phi) is 3.44. The van der Waals surface area contributed by atoms with Crippen LogP contribution >= 0.6 is 15.9 Å². The molecule has 1 rings (SSSR count). The number of ether oxygens (including phenoxy) is 1. The molecule has 7 heteroatoms. The zero-order valence-electron chi connectivity index (χ0n) is 9.84. The van der Waals surface area contributed by atoms with E-state index in [0.717, 1.165) is 0 Å². The number of aliphatic carboxylic acids is 1. The molecule has 2 atom stereocenters. The number of hydrogen-bond donors (Lipinski definition) is 2. The van der Waals surface area contributed by atoms with Crippen molar-refractivity contribution in [3.8, 4) is 0 Å². The molecule has 1 aliphatic rings. The first-order chi connectivity index (χ1) is 7.56. The quantitative estimate of drug-likeness (QED) is 0.780. The maximum Gasteiger partial charge on any atom is 0.408 e. The minimum absolute atomic E-state index is 0.151. The number of carboxylic acid groups (broad SMARTS) is 1. The van der Waals surface area contributed by atoms with Gasteiger partial charge in [-0.25, -0.2) is 14.0 Å². The van der Waals surface area contributed by atoms with Crippen LogP contribution in [0, 0.1) is 0 Å². The molecular weight excluding hydrogens is 297 g/mol. The van der Waals surface area contributed by atoms with Crippen LogP contribution in [0.25, 0.3) is 0 Å². The van der Waals surface area contributed by atoms with Gasteiger partial charge in [-0.15, -0.1) is 0 Å². The van der Waals surface area contributed by atoms with Gasteiger partial charge in [-0.2, -0.15) is 0 Å². The summed E-state index contributed by atoms with van der Waals surface area (Å²) in [6, 6.07) is 0. The lowest BCUT2D eigenvalue weighted by Crippen LogP contribution is -2.50. The summed E-state index contributed by atoms with van der Waals surface area (Å²) in [7, 11) is 0. The third-order valence-corrected chi connectivity index (χ3v) is 3.37. The Labute approximate surface area is 107 Å². The molecule has 0 heterocycles. The van der Waals surface area contributed by atoms with E-state index in [9.17, 15) is 14.0 Å². The lowest BCUT2D eigenvalue weighted by Gasteiger charge is -2.22. The second-order valence-electron chi connectivity index (χ2n) is 5.11. The first-order valence-corrected chi connectivity index (χ1v) is 6.18. The molecule has 0 aromatic heterocycles. The molecule has 5 nitrogen and oxygen atoms in total. The average Bonchev–Trinajstić information content (AvgIpc) is 2.70. The number of carboxylic acids is 1. The lowest BCUT2D eigenvalue weighted by atomic mass is 10.2. The van der Waals surface area contributed by atoms with Crippen LogP contribution in [0.5, 0.6) is 0 Å². The largest absolute Gasteiger partial charge is 0.479 e. The second kappa shape index (κ2) is 4.12. The summed E-state index contributed by atoms with van der Waals surface area (Å²) in [6.07, 6.45) is -1.19. The van der Waals surface area contributed by atoms with Crippen LogP contribution in [-0.2, 0) is 9.53 Å². The number of rotatable bonds is 3. The van der Waals surface area contributed by atoms with Gasteiger partial charge < -0.3 is 15.2 Å². The van der Waals surface area contributed by atoms with Gasteiger partial charge in [-0.05, 0) is 20.8 Å². The maximum atomic E-state index is 13.9. The van der Waals surface area contributed by atoms with E-state index >= 15 is 0 Å². The summed E-state index contributed by atoms with van der Waals surface area (Å²) in [5, 5.41) is 10.9. The number of alkyl carbamates (subject to hydrolysis) is 1. The summed E-state index contributed by atoms with van der Waals surface area (Å²) < 4.78 is 18.8. The lowest BCUT2D eigenvalue weighted by molar-refractivity contribution is -0.142. The second-order valence-corrected chi connectivity index (χ2v) is 5.67. The molecule has 2 N–H and O–H groups in total. The number of hydrogen-bond acceptors (Lipinski definition) is 3. The molecule has 1 amide bonds. The van der Waals surface area contributed by atoms with Gasteiger partial charge in [-0.3, -0.25) is 0 Å². The van der Waals surface area contributed by atoms with Crippen LogP contribution < -0.4 is 5.32 Å². The third kappa shape index (κ3) is 2.70. The van der Waals surface area contributed by atoms with Gasteiger partial charge >= 0.3 is 12.1 Å². The standard InChI is InChI=1S/C10H15BrFNO4/c1-8(2,3)17-7(16)13-10(6(14)15)4-9(10,12)5-11/h4-5H2,1-3H3,(H,13,16)(H,14,15). The number of carbonyl (C=O) groups is 2. The molecule has 0 aromatic rings. The van der Waals surface area contributed by atoms with E-state index in [4.69, 9.17) is 9.84 Å². The predicted molar refractivity (Wildman–Crippen MR) is 62.0 cm³/mol. The Bertz CT molecular complexity index is 357. The van der Waals surface area contributed by atoms with Gasteiger partial charge in [0.25, 0.3) is 0 Å². The summed E-state index contributed by atoms with van der Waals surface area (Å²) in [5.74, 6) is -1.40. The van der Waals surface area contributed by atoms with E-state index in [1.54, 1.807) is 20.8 Å². The van der Waals surface area contributed by atoms with Gasteiger partial charge in [0.2, 0.25) is 0 Å². The monoisotopic (exact) mass is 311 g/mol. The third-order valence-electron chi connectivity index (χ3n) is 2.48. The molecule has 98 valence electrons. The number of nitrogens with one attached hydrogen (secondary N) is 1. The highest BCUT2D eigenvalue weighted by molar-refractivity contribution is 9.09. The Morgan fingerprint density at radius 3 is 2.35 bits per heavy atom. The van der Waals surface area contributed by atoms with Crippen LogP contribution in [-0.4, -0.2) is 39.3 Å². The van der Waals surface area contributed by atoms with Gasteiger partial charge in [-0.1, -0.05) is 15.9 Å². The molecule has 0 radical (unpaired) electrons. The zero-order chi connectivity index (χ0) is 13.5. The molecule has 0 aliphatic heterocycles. The van der Waals surface area contributed by atoms with Gasteiger partial charge in [0.15, 0.2) is 11.2 Å². The van der Waals surface area contributed by atoms with Gasteiger partial charge in [0, 0.05) is 11.8 Å². The zero-order valence-corrected chi connectivity index (χ0v) is 11.4. The molecular formula is C10H15BrFNO4. The Morgan fingerprint density at radius 2 is 2.06 bits per heavy atom. The van der Waals surface area contributed by atoms with Crippen LogP contribution in [0.3, 0.4) is 0 Å². The van der Waals surface area contributed by atoms with Crippen molar-refractivity contribution in [2.45, 2.75) is 44.0 Å². The molecule has 1 fully saturated rings. The first kappa shape index (κ1) is 14.2. The normalized spacial score (nSPS) is 31.8. The van der Waals surface area contributed by atoms with Gasteiger partial charge in [0.05, 0.1) is 0 Å². The van der Waals surface area contributed by atoms with Crippen molar-refractivity contribution < 1.29 is 23.8 Å². The van der Waals surface area contributed by atoms with E-state index < -0.39 is 28.9 Å². The number of halogens is 2. The molecule has 2 unspecified atom stereocenters. The summed E-state index contributed by atoms with van der Waals surface area (Å²) in [6.45, 7) is 4.92. The number of amides is 1. The summed E-state index contributed by atoms with van der Waals surface area (Å²) >= 11 is 2.90. The van der Waals surface area contributed by atoms with E-state index in [2.05, 4.69) is 21.2 Å². The van der Waals surface area contributed by atoms with Crippen molar-refractivity contribution in [1.29, 1.82) is 0 Å². The van der Waals surface area contributed by atoms with Crippen molar-refractivity contribution in [1.82, 2.24) is 5.32 Å². The van der Waals surface area contributed by atoms with Crippen molar-refractivity contribution in [2.75, 3.05) is 5.33 Å². The fraction of sp³-hybridized carbons (Fsp3) is 0.800.